The van der Waals surface area contributed by atoms with Crippen molar-refractivity contribution >= 4 is 32.2 Å². The number of nitrogens with zero attached hydrogens (tertiary/aromatic N) is 1. The molecule has 0 aliphatic carbocycles. The zero-order valence-corrected chi connectivity index (χ0v) is 13.1. The van der Waals surface area contributed by atoms with E-state index in [9.17, 15) is 12.8 Å². The number of nitrogens with one attached hydrogen (secondary N) is 1. The Morgan fingerprint density at radius 2 is 2.00 bits per heavy atom. The standard InChI is InChI=1S/C13H16FN3O2S2/c1-2-21(18,19)11-12(15)17-20-13(11)16-8-7-9-3-5-10(14)6-4-9/h3-6,16H,2,7-8H2,1H3,(H2,15,17). The number of anilines is 2. The molecule has 0 radical (unpaired) electrons. The van der Waals surface area contributed by atoms with Crippen molar-refractivity contribution in [2.75, 3.05) is 23.3 Å². The third kappa shape index (κ3) is 3.70. The van der Waals surface area contributed by atoms with Crippen LogP contribution in [0.2, 0.25) is 0 Å². The third-order valence-corrected chi connectivity index (χ3v) is 5.72. The highest BCUT2D eigenvalue weighted by Crippen LogP contribution is 2.32. The van der Waals surface area contributed by atoms with Crippen LogP contribution in [0.3, 0.4) is 0 Å². The predicted molar refractivity (Wildman–Crippen MR) is 82.8 cm³/mol. The van der Waals surface area contributed by atoms with Gasteiger partial charge >= 0.3 is 0 Å². The molecule has 114 valence electrons. The van der Waals surface area contributed by atoms with Crippen LogP contribution in [0.25, 0.3) is 0 Å². The van der Waals surface area contributed by atoms with Crippen molar-refractivity contribution in [2.45, 2.75) is 18.2 Å². The van der Waals surface area contributed by atoms with E-state index >= 15 is 0 Å². The fourth-order valence-corrected chi connectivity index (χ4v) is 4.02. The number of benzene rings is 1. The smallest absolute Gasteiger partial charge is 0.184 e. The van der Waals surface area contributed by atoms with Gasteiger partial charge in [-0.3, -0.25) is 0 Å². The summed E-state index contributed by atoms with van der Waals surface area (Å²) in [5, 5.41) is 3.50. The highest BCUT2D eigenvalue weighted by atomic mass is 32.2. The number of hydrogen-bond acceptors (Lipinski definition) is 6. The molecule has 0 saturated heterocycles. The van der Waals surface area contributed by atoms with Gasteiger partial charge in [-0.25, -0.2) is 12.8 Å². The molecule has 0 atom stereocenters. The minimum atomic E-state index is -3.41. The Kier molecular flexibility index (Phi) is 4.79. The number of nitrogens with two attached hydrogens (primary N) is 1. The molecule has 21 heavy (non-hydrogen) atoms. The number of sulfone groups is 1. The van der Waals surface area contributed by atoms with Gasteiger partial charge in [-0.15, -0.1) is 0 Å². The lowest BCUT2D eigenvalue weighted by atomic mass is 10.1. The van der Waals surface area contributed by atoms with Crippen LogP contribution < -0.4 is 11.1 Å². The van der Waals surface area contributed by atoms with E-state index in [1.165, 1.54) is 12.1 Å². The van der Waals surface area contributed by atoms with Gasteiger partial charge < -0.3 is 11.1 Å². The Morgan fingerprint density at radius 1 is 1.33 bits per heavy atom. The van der Waals surface area contributed by atoms with Crippen LogP contribution in [0.4, 0.5) is 15.2 Å². The van der Waals surface area contributed by atoms with E-state index in [0.717, 1.165) is 17.1 Å². The summed E-state index contributed by atoms with van der Waals surface area (Å²) in [4.78, 5) is 0.0779. The van der Waals surface area contributed by atoms with E-state index in [1.54, 1.807) is 19.1 Å². The van der Waals surface area contributed by atoms with Crippen LogP contribution in [-0.2, 0) is 16.3 Å². The molecule has 8 heteroatoms. The summed E-state index contributed by atoms with van der Waals surface area (Å²) >= 11 is 1.03. The highest BCUT2D eigenvalue weighted by Gasteiger charge is 2.23. The largest absolute Gasteiger partial charge is 0.382 e. The van der Waals surface area contributed by atoms with Crippen LogP contribution in [0, 0.1) is 5.82 Å². The van der Waals surface area contributed by atoms with E-state index in [4.69, 9.17) is 5.73 Å². The Hall–Kier alpha value is -1.67. The van der Waals surface area contributed by atoms with E-state index in [-0.39, 0.29) is 22.3 Å². The van der Waals surface area contributed by atoms with Gasteiger partial charge in [0.2, 0.25) is 0 Å². The fourth-order valence-electron chi connectivity index (χ4n) is 1.82. The Bertz CT molecular complexity index is 712. The van der Waals surface area contributed by atoms with E-state index in [1.807, 2.05) is 0 Å². The molecule has 2 rings (SSSR count). The quantitative estimate of drug-likeness (QED) is 0.849. The summed E-state index contributed by atoms with van der Waals surface area (Å²) in [7, 11) is -3.41. The lowest BCUT2D eigenvalue weighted by Gasteiger charge is -2.07. The molecule has 3 N–H and O–H groups in total. The Labute approximate surface area is 127 Å². The summed E-state index contributed by atoms with van der Waals surface area (Å²) < 4.78 is 40.7. The number of hydrogen-bond donors (Lipinski definition) is 2. The SMILES string of the molecule is CCS(=O)(=O)c1c(N)nsc1NCCc1ccc(F)cc1. The molecular formula is C13H16FN3O2S2. The highest BCUT2D eigenvalue weighted by molar-refractivity contribution is 7.91. The van der Waals surface area contributed by atoms with Crippen LogP contribution in [0.1, 0.15) is 12.5 Å². The zero-order valence-electron chi connectivity index (χ0n) is 11.5. The third-order valence-electron chi connectivity index (χ3n) is 2.98. The van der Waals surface area contributed by atoms with Crippen LogP contribution >= 0.6 is 11.5 Å². The van der Waals surface area contributed by atoms with E-state index in [2.05, 4.69) is 9.69 Å². The van der Waals surface area contributed by atoms with Gasteiger partial charge in [-0.05, 0) is 35.6 Å². The molecule has 2 aromatic rings. The molecule has 0 fully saturated rings. The van der Waals surface area contributed by atoms with Crippen molar-refractivity contribution in [3.63, 3.8) is 0 Å². The second-order valence-corrected chi connectivity index (χ2v) is 7.42. The number of rotatable bonds is 6. The minimum Gasteiger partial charge on any atom is -0.382 e. The summed E-state index contributed by atoms with van der Waals surface area (Å²) in [5.74, 6) is -0.271. The lowest BCUT2D eigenvalue weighted by molar-refractivity contribution is 0.598. The van der Waals surface area contributed by atoms with E-state index in [0.29, 0.717) is 18.0 Å². The maximum Gasteiger partial charge on any atom is 0.184 e. The number of halogens is 1. The Morgan fingerprint density at radius 3 is 2.62 bits per heavy atom. The first-order chi connectivity index (χ1) is 9.94. The molecule has 0 aliphatic heterocycles. The molecule has 1 aromatic heterocycles. The molecule has 0 bridgehead atoms. The van der Waals surface area contributed by atoms with Gasteiger partial charge in [0.05, 0.1) is 5.75 Å². The number of aromatic nitrogens is 1. The van der Waals surface area contributed by atoms with Crippen molar-refractivity contribution in [3.8, 4) is 0 Å². The van der Waals surface area contributed by atoms with Crippen molar-refractivity contribution < 1.29 is 12.8 Å². The summed E-state index contributed by atoms with van der Waals surface area (Å²) in [6, 6.07) is 6.18. The summed E-state index contributed by atoms with van der Waals surface area (Å²) in [5.41, 5.74) is 6.60. The van der Waals surface area contributed by atoms with Gasteiger partial charge in [0.1, 0.15) is 15.7 Å². The van der Waals surface area contributed by atoms with Crippen LogP contribution in [0.15, 0.2) is 29.2 Å². The second kappa shape index (κ2) is 6.40. The minimum absolute atomic E-state index is 0.0255. The topological polar surface area (TPSA) is 85.1 Å². The molecule has 0 amide bonds. The molecule has 1 aromatic carbocycles. The van der Waals surface area contributed by atoms with Gasteiger partial charge in [-0.2, -0.15) is 4.37 Å². The fraction of sp³-hybridized carbons (Fsp3) is 0.308. The first-order valence-electron chi connectivity index (χ1n) is 6.40. The van der Waals surface area contributed by atoms with E-state index < -0.39 is 9.84 Å². The molecular weight excluding hydrogens is 313 g/mol. The normalized spacial score (nSPS) is 11.5. The number of nitrogen functional groups attached to an aromatic ring is 1. The molecule has 1 heterocycles. The van der Waals surface area contributed by atoms with Gasteiger partial charge in [0.25, 0.3) is 0 Å². The van der Waals surface area contributed by atoms with Crippen LogP contribution in [-0.4, -0.2) is 25.1 Å². The van der Waals surface area contributed by atoms with Gasteiger partial charge in [0.15, 0.2) is 15.7 Å². The van der Waals surface area contributed by atoms with Crippen molar-refractivity contribution in [3.05, 3.63) is 35.6 Å². The van der Waals surface area contributed by atoms with Crippen molar-refractivity contribution in [1.82, 2.24) is 4.37 Å². The summed E-state index contributed by atoms with van der Waals surface area (Å²) in [6.07, 6.45) is 0.643. The Balaban J connectivity index is 2.06. The molecule has 0 aliphatic rings. The first-order valence-corrected chi connectivity index (χ1v) is 8.83. The van der Waals surface area contributed by atoms with Gasteiger partial charge in [0, 0.05) is 6.54 Å². The average Bonchev–Trinajstić information content (AvgIpc) is 2.83. The second-order valence-electron chi connectivity index (χ2n) is 4.43. The van der Waals surface area contributed by atoms with Crippen molar-refractivity contribution in [1.29, 1.82) is 0 Å². The molecule has 5 nitrogen and oxygen atoms in total. The maximum absolute atomic E-state index is 12.8. The lowest BCUT2D eigenvalue weighted by Crippen LogP contribution is -2.11. The van der Waals surface area contributed by atoms with Crippen molar-refractivity contribution in [2.24, 2.45) is 0 Å². The first kappa shape index (κ1) is 15.7. The van der Waals surface area contributed by atoms with Gasteiger partial charge in [-0.1, -0.05) is 19.1 Å². The monoisotopic (exact) mass is 329 g/mol. The maximum atomic E-state index is 12.8. The summed E-state index contributed by atoms with van der Waals surface area (Å²) in [6.45, 7) is 2.08. The predicted octanol–water partition coefficient (Wildman–Crippen LogP) is 2.31. The molecule has 0 spiro atoms. The zero-order chi connectivity index (χ0) is 15.5. The molecule has 0 unspecified atom stereocenters. The average molecular weight is 329 g/mol. The van der Waals surface area contributed by atoms with Crippen LogP contribution in [0.5, 0.6) is 0 Å². The molecule has 0 saturated carbocycles.